The van der Waals surface area contributed by atoms with Gasteiger partial charge in [-0.05, 0) is 18.6 Å². The minimum Gasteiger partial charge on any atom is -0.371 e. The van der Waals surface area contributed by atoms with E-state index in [0.29, 0.717) is 19.5 Å². The molecule has 23 heavy (non-hydrogen) atoms. The number of piperidine rings is 1. The van der Waals surface area contributed by atoms with Gasteiger partial charge in [0, 0.05) is 52.4 Å². The summed E-state index contributed by atoms with van der Waals surface area (Å²) in [4.78, 5) is 17.2. The van der Waals surface area contributed by atoms with Crippen LogP contribution in [-0.2, 0) is 0 Å². The van der Waals surface area contributed by atoms with E-state index in [1.807, 2.05) is 35.2 Å². The predicted molar refractivity (Wildman–Crippen MR) is 85.9 cm³/mol. The standard InChI is InChI=1S/C17H23F2N3O/c1-20(2)15(23)22-11-9-17(18,19)16(13-22)8-10-21(12-16)14-6-4-3-5-7-14/h3-7H,8-13H2,1-2H3/t16-/m1/s1. The normalized spacial score (nSPS) is 26.6. The van der Waals surface area contributed by atoms with Crippen molar-refractivity contribution in [3.05, 3.63) is 30.3 Å². The quantitative estimate of drug-likeness (QED) is 0.794. The number of likely N-dealkylation sites (tertiary alicyclic amines) is 1. The van der Waals surface area contributed by atoms with E-state index in [9.17, 15) is 13.6 Å². The lowest BCUT2D eigenvalue weighted by molar-refractivity contribution is -0.150. The van der Waals surface area contributed by atoms with Crippen LogP contribution in [0.2, 0.25) is 0 Å². The molecule has 0 bridgehead atoms. The van der Waals surface area contributed by atoms with Crippen LogP contribution in [0.4, 0.5) is 19.3 Å². The highest BCUT2D eigenvalue weighted by atomic mass is 19.3. The maximum absolute atomic E-state index is 14.7. The number of urea groups is 1. The molecule has 4 nitrogen and oxygen atoms in total. The van der Waals surface area contributed by atoms with Crippen molar-refractivity contribution in [2.24, 2.45) is 5.41 Å². The highest BCUT2D eigenvalue weighted by molar-refractivity contribution is 5.74. The number of carbonyl (C=O) groups excluding carboxylic acids is 1. The van der Waals surface area contributed by atoms with Gasteiger partial charge in [0.25, 0.3) is 5.92 Å². The van der Waals surface area contributed by atoms with Gasteiger partial charge < -0.3 is 14.7 Å². The van der Waals surface area contributed by atoms with Crippen LogP contribution in [0.15, 0.2) is 30.3 Å². The lowest BCUT2D eigenvalue weighted by Gasteiger charge is -2.46. The Morgan fingerprint density at radius 1 is 1.09 bits per heavy atom. The fourth-order valence-corrected chi connectivity index (χ4v) is 3.71. The van der Waals surface area contributed by atoms with Crippen LogP contribution < -0.4 is 4.90 Å². The summed E-state index contributed by atoms with van der Waals surface area (Å²) in [5.41, 5.74) is -0.177. The third kappa shape index (κ3) is 2.75. The van der Waals surface area contributed by atoms with Crippen LogP contribution in [0, 0.1) is 5.41 Å². The van der Waals surface area contributed by atoms with E-state index in [4.69, 9.17) is 0 Å². The maximum Gasteiger partial charge on any atom is 0.319 e. The summed E-state index contributed by atoms with van der Waals surface area (Å²) in [5, 5.41) is 0. The van der Waals surface area contributed by atoms with Crippen LogP contribution in [0.25, 0.3) is 0 Å². The summed E-state index contributed by atoms with van der Waals surface area (Å²) in [5.74, 6) is -2.74. The predicted octanol–water partition coefficient (Wildman–Crippen LogP) is 2.91. The Morgan fingerprint density at radius 2 is 1.78 bits per heavy atom. The first-order chi connectivity index (χ1) is 10.8. The minimum absolute atomic E-state index is 0.122. The second-order valence-corrected chi connectivity index (χ2v) is 6.84. The largest absolute Gasteiger partial charge is 0.371 e. The van der Waals surface area contributed by atoms with Crippen molar-refractivity contribution in [1.82, 2.24) is 9.80 Å². The molecule has 2 heterocycles. The highest BCUT2D eigenvalue weighted by Gasteiger charge is 2.60. The van der Waals surface area contributed by atoms with E-state index in [0.717, 1.165) is 5.69 Å². The van der Waals surface area contributed by atoms with Crippen molar-refractivity contribution < 1.29 is 13.6 Å². The number of carbonyl (C=O) groups is 1. The molecule has 0 radical (unpaired) electrons. The average Bonchev–Trinajstić information content (AvgIpc) is 2.96. The minimum atomic E-state index is -2.74. The van der Waals surface area contributed by atoms with Crippen LogP contribution in [0.3, 0.4) is 0 Å². The van der Waals surface area contributed by atoms with Gasteiger partial charge in [-0.3, -0.25) is 0 Å². The molecule has 1 aromatic carbocycles. The Labute approximate surface area is 135 Å². The lowest BCUT2D eigenvalue weighted by atomic mass is 9.75. The van der Waals surface area contributed by atoms with Crippen molar-refractivity contribution in [2.45, 2.75) is 18.8 Å². The molecule has 1 aromatic rings. The second kappa shape index (κ2) is 5.65. The number of para-hydroxylation sites is 1. The first-order valence-electron chi connectivity index (χ1n) is 7.99. The number of amides is 2. The van der Waals surface area contributed by atoms with Gasteiger partial charge >= 0.3 is 6.03 Å². The van der Waals surface area contributed by atoms with Gasteiger partial charge in [-0.15, -0.1) is 0 Å². The molecule has 126 valence electrons. The van der Waals surface area contributed by atoms with E-state index in [-0.39, 0.29) is 25.5 Å². The summed E-state index contributed by atoms with van der Waals surface area (Å²) >= 11 is 0. The number of hydrogen-bond donors (Lipinski definition) is 0. The van der Waals surface area contributed by atoms with Gasteiger partial charge in [0.15, 0.2) is 0 Å². The third-order valence-electron chi connectivity index (χ3n) is 5.09. The topological polar surface area (TPSA) is 26.8 Å². The summed E-state index contributed by atoms with van der Waals surface area (Å²) in [6.45, 7) is 1.14. The Morgan fingerprint density at radius 3 is 2.43 bits per heavy atom. The van der Waals surface area contributed by atoms with Gasteiger partial charge in [0.2, 0.25) is 0 Å². The zero-order valence-corrected chi connectivity index (χ0v) is 13.6. The summed E-state index contributed by atoms with van der Waals surface area (Å²) < 4.78 is 29.4. The monoisotopic (exact) mass is 323 g/mol. The van der Waals surface area contributed by atoms with E-state index >= 15 is 0 Å². The molecular weight excluding hydrogens is 300 g/mol. The molecule has 3 rings (SSSR count). The molecule has 2 aliphatic heterocycles. The van der Waals surface area contributed by atoms with E-state index < -0.39 is 11.3 Å². The number of benzene rings is 1. The molecule has 0 aromatic heterocycles. The summed E-state index contributed by atoms with van der Waals surface area (Å²) in [6.07, 6.45) is 0.154. The van der Waals surface area contributed by atoms with Crippen molar-refractivity contribution in [2.75, 3.05) is 45.2 Å². The van der Waals surface area contributed by atoms with Crippen molar-refractivity contribution in [3.8, 4) is 0 Å². The van der Waals surface area contributed by atoms with Crippen LogP contribution >= 0.6 is 0 Å². The van der Waals surface area contributed by atoms with E-state index in [1.165, 1.54) is 4.90 Å². The maximum atomic E-state index is 14.7. The first kappa shape index (κ1) is 16.0. The molecule has 0 unspecified atom stereocenters. The number of anilines is 1. The zero-order chi connectivity index (χ0) is 16.7. The molecule has 2 saturated heterocycles. The molecule has 1 atom stereocenters. The number of hydrogen-bond acceptors (Lipinski definition) is 2. The fourth-order valence-electron chi connectivity index (χ4n) is 3.71. The molecule has 6 heteroatoms. The third-order valence-corrected chi connectivity index (χ3v) is 5.09. The zero-order valence-electron chi connectivity index (χ0n) is 13.6. The van der Waals surface area contributed by atoms with Gasteiger partial charge in [-0.1, -0.05) is 18.2 Å². The number of nitrogens with zero attached hydrogens (tertiary/aromatic N) is 3. The SMILES string of the molecule is CN(C)C(=O)N1CCC(F)(F)[C@@]2(CCN(c3ccccc3)C2)C1. The molecule has 0 N–H and O–H groups in total. The molecular formula is C17H23F2N3O. The van der Waals surface area contributed by atoms with Crippen LogP contribution in [0.5, 0.6) is 0 Å². The molecule has 1 spiro atoms. The van der Waals surface area contributed by atoms with Crippen molar-refractivity contribution >= 4 is 11.7 Å². The molecule has 0 saturated carbocycles. The Bertz CT molecular complexity index is 578. The lowest BCUT2D eigenvalue weighted by Crippen LogP contribution is -2.59. The Balaban J connectivity index is 1.82. The molecule has 2 fully saturated rings. The first-order valence-corrected chi connectivity index (χ1v) is 7.99. The van der Waals surface area contributed by atoms with Crippen LogP contribution in [-0.4, -0.2) is 62.0 Å². The number of alkyl halides is 2. The van der Waals surface area contributed by atoms with Gasteiger partial charge in [-0.2, -0.15) is 0 Å². The van der Waals surface area contributed by atoms with Crippen LogP contribution in [0.1, 0.15) is 12.8 Å². The Kier molecular flexibility index (Phi) is 3.94. The highest BCUT2D eigenvalue weighted by Crippen LogP contribution is 2.50. The van der Waals surface area contributed by atoms with Gasteiger partial charge in [-0.25, -0.2) is 13.6 Å². The van der Waals surface area contributed by atoms with Crippen molar-refractivity contribution in [1.29, 1.82) is 0 Å². The Hall–Kier alpha value is -1.85. The second-order valence-electron chi connectivity index (χ2n) is 6.84. The van der Waals surface area contributed by atoms with E-state index in [1.54, 1.807) is 19.0 Å². The van der Waals surface area contributed by atoms with Gasteiger partial charge in [0.1, 0.15) is 0 Å². The fraction of sp³-hybridized carbons (Fsp3) is 0.588. The number of rotatable bonds is 1. The van der Waals surface area contributed by atoms with Crippen molar-refractivity contribution in [3.63, 3.8) is 0 Å². The summed E-state index contributed by atoms with van der Waals surface area (Å²) in [7, 11) is 3.32. The molecule has 2 amide bonds. The molecule has 0 aliphatic carbocycles. The average molecular weight is 323 g/mol. The van der Waals surface area contributed by atoms with Gasteiger partial charge in [0.05, 0.1) is 5.41 Å². The van der Waals surface area contributed by atoms with E-state index in [2.05, 4.69) is 0 Å². The molecule has 2 aliphatic rings. The number of halogens is 2. The smallest absolute Gasteiger partial charge is 0.319 e. The summed E-state index contributed by atoms with van der Waals surface area (Å²) in [6, 6.07) is 9.47.